The van der Waals surface area contributed by atoms with Crippen LogP contribution in [0, 0.1) is 11.6 Å². The molecule has 0 aromatic heterocycles. The van der Waals surface area contributed by atoms with Gasteiger partial charge in [-0.1, -0.05) is 0 Å². The first-order valence-corrected chi connectivity index (χ1v) is 3.08. The summed E-state index contributed by atoms with van der Waals surface area (Å²) in [6, 6.07) is 0.329. The molecule has 1 aromatic rings. The SMILES string of the molecule is O=C(O)c1cc(F)c(O)c(F)c1O. The molecule has 1 aromatic carbocycles. The largest absolute Gasteiger partial charge is 0.504 e. The fraction of sp³-hybridized carbons (Fsp3) is 0. The second-order valence-electron chi connectivity index (χ2n) is 2.22. The van der Waals surface area contributed by atoms with E-state index in [9.17, 15) is 13.6 Å². The Morgan fingerprint density at radius 1 is 1.23 bits per heavy atom. The molecule has 0 saturated heterocycles. The van der Waals surface area contributed by atoms with Gasteiger partial charge < -0.3 is 15.3 Å². The van der Waals surface area contributed by atoms with Gasteiger partial charge in [-0.3, -0.25) is 0 Å². The average Bonchev–Trinajstić information content (AvgIpc) is 2.07. The second-order valence-corrected chi connectivity index (χ2v) is 2.22. The van der Waals surface area contributed by atoms with Gasteiger partial charge in [0.2, 0.25) is 5.82 Å². The first-order valence-electron chi connectivity index (χ1n) is 3.08. The van der Waals surface area contributed by atoms with E-state index in [1.165, 1.54) is 0 Å². The van der Waals surface area contributed by atoms with Crippen molar-refractivity contribution < 1.29 is 28.9 Å². The maximum atomic E-state index is 12.6. The molecule has 0 saturated carbocycles. The summed E-state index contributed by atoms with van der Waals surface area (Å²) in [5, 5.41) is 25.7. The van der Waals surface area contributed by atoms with Gasteiger partial charge in [0, 0.05) is 0 Å². The van der Waals surface area contributed by atoms with Crippen molar-refractivity contribution in [2.24, 2.45) is 0 Å². The van der Waals surface area contributed by atoms with Crippen LogP contribution in [0.5, 0.6) is 11.5 Å². The van der Waals surface area contributed by atoms with Crippen LogP contribution in [-0.2, 0) is 0 Å². The monoisotopic (exact) mass is 190 g/mol. The summed E-state index contributed by atoms with van der Waals surface area (Å²) in [4.78, 5) is 10.3. The number of aromatic hydroxyl groups is 2. The summed E-state index contributed by atoms with van der Waals surface area (Å²) >= 11 is 0. The lowest BCUT2D eigenvalue weighted by molar-refractivity contribution is 0.0692. The van der Waals surface area contributed by atoms with Crippen molar-refractivity contribution in [1.29, 1.82) is 0 Å². The highest BCUT2D eigenvalue weighted by molar-refractivity contribution is 5.91. The average molecular weight is 190 g/mol. The number of carboxylic acid groups (broad SMARTS) is 1. The number of phenolic OH excluding ortho intramolecular Hbond substituents is 1. The molecule has 0 spiro atoms. The number of rotatable bonds is 1. The number of benzene rings is 1. The molecule has 0 heterocycles. The lowest BCUT2D eigenvalue weighted by Gasteiger charge is -2.03. The van der Waals surface area contributed by atoms with Gasteiger partial charge in [0.05, 0.1) is 0 Å². The summed E-state index contributed by atoms with van der Waals surface area (Å²) in [5.41, 5.74) is -0.937. The van der Waals surface area contributed by atoms with Crippen molar-refractivity contribution in [3.05, 3.63) is 23.3 Å². The topological polar surface area (TPSA) is 77.8 Å². The van der Waals surface area contributed by atoms with Crippen LogP contribution in [0.3, 0.4) is 0 Å². The Bertz CT molecular complexity index is 375. The van der Waals surface area contributed by atoms with E-state index in [2.05, 4.69) is 0 Å². The molecule has 0 amide bonds. The highest BCUT2D eigenvalue weighted by atomic mass is 19.1. The summed E-state index contributed by atoms with van der Waals surface area (Å²) < 4.78 is 25.1. The predicted molar refractivity (Wildman–Crippen MR) is 36.6 cm³/mol. The minimum absolute atomic E-state index is 0.329. The van der Waals surface area contributed by atoms with Gasteiger partial charge in [0.25, 0.3) is 0 Å². The van der Waals surface area contributed by atoms with Crippen LogP contribution in [0.25, 0.3) is 0 Å². The van der Waals surface area contributed by atoms with Gasteiger partial charge in [0.15, 0.2) is 17.3 Å². The van der Waals surface area contributed by atoms with Crippen molar-refractivity contribution in [3.63, 3.8) is 0 Å². The molecular formula is C7H4F2O4. The molecule has 1 rings (SSSR count). The van der Waals surface area contributed by atoms with Crippen LogP contribution in [0.15, 0.2) is 6.07 Å². The molecule has 4 nitrogen and oxygen atoms in total. The number of halogens is 2. The summed E-state index contributed by atoms with van der Waals surface area (Å²) in [7, 11) is 0. The zero-order chi connectivity index (χ0) is 10.2. The minimum Gasteiger partial charge on any atom is -0.504 e. The molecule has 0 aliphatic carbocycles. The molecule has 3 N–H and O–H groups in total. The molecule has 0 unspecified atom stereocenters. The van der Waals surface area contributed by atoms with E-state index in [4.69, 9.17) is 15.3 Å². The van der Waals surface area contributed by atoms with Gasteiger partial charge >= 0.3 is 5.97 Å². The van der Waals surface area contributed by atoms with E-state index in [1.807, 2.05) is 0 Å². The lowest BCUT2D eigenvalue weighted by Crippen LogP contribution is -2.00. The number of hydrogen-bond acceptors (Lipinski definition) is 3. The zero-order valence-electron chi connectivity index (χ0n) is 6.08. The number of aromatic carboxylic acids is 1. The van der Waals surface area contributed by atoms with Crippen LogP contribution in [-0.4, -0.2) is 21.3 Å². The number of phenols is 2. The number of carboxylic acids is 1. The van der Waals surface area contributed by atoms with E-state index in [0.29, 0.717) is 6.07 Å². The smallest absolute Gasteiger partial charge is 0.339 e. The third-order valence-corrected chi connectivity index (χ3v) is 1.40. The highest BCUT2D eigenvalue weighted by Crippen LogP contribution is 2.31. The van der Waals surface area contributed by atoms with Crippen molar-refractivity contribution in [1.82, 2.24) is 0 Å². The summed E-state index contributed by atoms with van der Waals surface area (Å²) in [5.74, 6) is -7.49. The van der Waals surface area contributed by atoms with Crippen molar-refractivity contribution in [2.75, 3.05) is 0 Å². The maximum absolute atomic E-state index is 12.6. The van der Waals surface area contributed by atoms with Gasteiger partial charge in [-0.2, -0.15) is 4.39 Å². The number of hydrogen-bond donors (Lipinski definition) is 3. The van der Waals surface area contributed by atoms with Crippen LogP contribution in [0.2, 0.25) is 0 Å². The van der Waals surface area contributed by atoms with Crippen LogP contribution in [0.1, 0.15) is 10.4 Å². The molecular weight excluding hydrogens is 186 g/mol. The second kappa shape index (κ2) is 2.89. The summed E-state index contributed by atoms with van der Waals surface area (Å²) in [6.45, 7) is 0. The molecule has 0 bridgehead atoms. The lowest BCUT2D eigenvalue weighted by atomic mass is 10.2. The predicted octanol–water partition coefficient (Wildman–Crippen LogP) is 1.07. The van der Waals surface area contributed by atoms with Gasteiger partial charge in [-0.25, -0.2) is 9.18 Å². The van der Waals surface area contributed by atoms with Crippen LogP contribution in [0.4, 0.5) is 8.78 Å². The van der Waals surface area contributed by atoms with E-state index in [0.717, 1.165) is 0 Å². The molecule has 0 aliphatic heterocycles. The molecule has 0 aliphatic rings. The van der Waals surface area contributed by atoms with Crippen molar-refractivity contribution in [3.8, 4) is 11.5 Å². The number of carbonyl (C=O) groups is 1. The maximum Gasteiger partial charge on any atom is 0.339 e. The normalized spacial score (nSPS) is 10.0. The fourth-order valence-electron chi connectivity index (χ4n) is 0.762. The van der Waals surface area contributed by atoms with Crippen molar-refractivity contribution in [2.45, 2.75) is 0 Å². The first kappa shape index (κ1) is 9.24. The molecule has 0 fully saturated rings. The third-order valence-electron chi connectivity index (χ3n) is 1.40. The Kier molecular flexibility index (Phi) is 2.05. The van der Waals surface area contributed by atoms with Crippen molar-refractivity contribution >= 4 is 5.97 Å². The standard InChI is InChI=1S/C7H4F2O4/c8-3-1-2(7(12)13)5(10)4(9)6(3)11/h1,10-11H,(H,12,13). The Morgan fingerprint density at radius 2 is 1.77 bits per heavy atom. The van der Waals surface area contributed by atoms with E-state index < -0.39 is 34.7 Å². The van der Waals surface area contributed by atoms with Gasteiger partial charge in [-0.15, -0.1) is 0 Å². The fourth-order valence-corrected chi connectivity index (χ4v) is 0.762. The van der Waals surface area contributed by atoms with Crippen LogP contribution < -0.4 is 0 Å². The van der Waals surface area contributed by atoms with E-state index >= 15 is 0 Å². The highest BCUT2D eigenvalue weighted by Gasteiger charge is 2.21. The Morgan fingerprint density at radius 3 is 2.23 bits per heavy atom. The molecule has 6 heteroatoms. The van der Waals surface area contributed by atoms with Gasteiger partial charge in [-0.05, 0) is 6.07 Å². The van der Waals surface area contributed by atoms with E-state index in [1.54, 1.807) is 0 Å². The van der Waals surface area contributed by atoms with E-state index in [-0.39, 0.29) is 0 Å². The Hall–Kier alpha value is -1.85. The minimum atomic E-state index is -1.68. The Balaban J connectivity index is 3.50. The van der Waals surface area contributed by atoms with Crippen LogP contribution >= 0.6 is 0 Å². The molecule has 70 valence electrons. The zero-order valence-corrected chi connectivity index (χ0v) is 6.08. The van der Waals surface area contributed by atoms with Gasteiger partial charge in [0.1, 0.15) is 5.56 Å². The molecule has 0 atom stereocenters. The quantitative estimate of drug-likeness (QED) is 0.619. The third kappa shape index (κ3) is 1.37. The summed E-state index contributed by atoms with van der Waals surface area (Å²) in [6.07, 6.45) is 0. The first-order chi connectivity index (χ1) is 5.95. The molecule has 13 heavy (non-hydrogen) atoms. The Labute approximate surface area is 70.7 Å². The molecule has 0 radical (unpaired) electrons.